The fraction of sp³-hybridized carbons (Fsp3) is 0.722. The van der Waals surface area contributed by atoms with Crippen LogP contribution in [0.4, 0.5) is 0 Å². The second-order valence-electron chi connectivity index (χ2n) is 6.65. The Morgan fingerprint density at radius 1 is 1.27 bits per heavy atom. The van der Waals surface area contributed by atoms with Crippen LogP contribution in [0.25, 0.3) is 0 Å². The van der Waals surface area contributed by atoms with Crippen molar-refractivity contribution in [1.82, 2.24) is 20.9 Å². The van der Waals surface area contributed by atoms with Crippen molar-refractivity contribution in [3.63, 3.8) is 0 Å². The molecule has 0 radical (unpaired) electrons. The fourth-order valence-electron chi connectivity index (χ4n) is 2.40. The molecule has 6 nitrogen and oxygen atoms in total. The molecule has 8 heteroatoms. The summed E-state index contributed by atoms with van der Waals surface area (Å²) in [4.78, 5) is 21.3. The molecule has 0 aliphatic heterocycles. The third kappa shape index (κ3) is 10.3. The summed E-state index contributed by atoms with van der Waals surface area (Å²) in [6.07, 6.45) is 3.60. The van der Waals surface area contributed by atoms with Crippen LogP contribution in [-0.4, -0.2) is 42.5 Å². The fourth-order valence-corrected chi connectivity index (χ4v) is 3.11. The Bertz CT molecular complexity index is 547. The molecule has 0 fully saturated rings. The van der Waals surface area contributed by atoms with Crippen LogP contribution in [0.2, 0.25) is 0 Å². The van der Waals surface area contributed by atoms with Gasteiger partial charge in [0.25, 0.3) is 5.91 Å². The molecule has 0 bridgehead atoms. The van der Waals surface area contributed by atoms with Crippen molar-refractivity contribution in [2.24, 2.45) is 10.9 Å². The number of nitrogens with one attached hydrogen (secondary N) is 3. The molecular formula is C18H34IN5OS. The smallest absolute Gasteiger partial charge is 0.263 e. The molecular weight excluding hydrogens is 461 g/mol. The number of thiazole rings is 1. The first-order chi connectivity index (χ1) is 11.9. The first kappa shape index (κ1) is 25.1. The van der Waals surface area contributed by atoms with E-state index in [2.05, 4.69) is 53.6 Å². The zero-order chi connectivity index (χ0) is 18.7. The summed E-state index contributed by atoms with van der Waals surface area (Å²) in [5, 5.41) is 9.58. The number of carbonyl (C=O) groups excluding carboxylic acids is 1. The van der Waals surface area contributed by atoms with Gasteiger partial charge < -0.3 is 16.0 Å². The highest BCUT2D eigenvalue weighted by molar-refractivity contribution is 14.0. The predicted octanol–water partition coefficient (Wildman–Crippen LogP) is 3.57. The number of aryl methyl sites for hydroxylation is 1. The van der Waals surface area contributed by atoms with Gasteiger partial charge in [-0.15, -0.1) is 35.3 Å². The summed E-state index contributed by atoms with van der Waals surface area (Å²) in [7, 11) is 0. The van der Waals surface area contributed by atoms with Gasteiger partial charge in [-0.3, -0.25) is 9.79 Å². The van der Waals surface area contributed by atoms with Gasteiger partial charge in [-0.05, 0) is 33.1 Å². The Balaban J connectivity index is 0.00000625. The molecule has 1 atom stereocenters. The molecule has 3 N–H and O–H groups in total. The lowest BCUT2D eigenvalue weighted by Crippen LogP contribution is -2.42. The van der Waals surface area contributed by atoms with E-state index in [1.807, 2.05) is 6.92 Å². The molecule has 0 aliphatic carbocycles. The molecule has 0 spiro atoms. The van der Waals surface area contributed by atoms with Crippen LogP contribution in [0.3, 0.4) is 0 Å². The van der Waals surface area contributed by atoms with Crippen LogP contribution in [0, 0.1) is 12.8 Å². The van der Waals surface area contributed by atoms with E-state index in [1.165, 1.54) is 24.2 Å². The van der Waals surface area contributed by atoms with Gasteiger partial charge in [-0.25, -0.2) is 4.98 Å². The molecule has 0 aliphatic rings. The average Bonchev–Trinajstić information content (AvgIpc) is 2.97. The maximum Gasteiger partial charge on any atom is 0.263 e. The SMILES string of the molecule is CCNC(=NCCNC(=O)c1scnc1C)NC(C)CCCC(C)C.I. The molecule has 1 amide bonds. The van der Waals surface area contributed by atoms with E-state index in [4.69, 9.17) is 0 Å². The molecule has 1 rings (SSSR count). The average molecular weight is 495 g/mol. The summed E-state index contributed by atoms with van der Waals surface area (Å²) in [6, 6.07) is 0.381. The van der Waals surface area contributed by atoms with Crippen molar-refractivity contribution in [1.29, 1.82) is 0 Å². The Kier molecular flexibility index (Phi) is 13.7. The third-order valence-electron chi connectivity index (χ3n) is 3.76. The minimum absolute atomic E-state index is 0. The molecule has 0 aromatic carbocycles. The minimum Gasteiger partial charge on any atom is -0.357 e. The van der Waals surface area contributed by atoms with Crippen LogP contribution in [0.5, 0.6) is 0 Å². The lowest BCUT2D eigenvalue weighted by Gasteiger charge is -2.18. The Morgan fingerprint density at radius 2 is 2.00 bits per heavy atom. The van der Waals surface area contributed by atoms with Gasteiger partial charge in [0.1, 0.15) is 4.88 Å². The molecule has 1 heterocycles. The molecule has 0 saturated carbocycles. The number of aliphatic imine (C=N–C) groups is 1. The Labute approximate surface area is 179 Å². The molecule has 1 unspecified atom stereocenters. The van der Waals surface area contributed by atoms with E-state index in [-0.39, 0.29) is 29.9 Å². The highest BCUT2D eigenvalue weighted by Crippen LogP contribution is 2.11. The summed E-state index contributed by atoms with van der Waals surface area (Å²) >= 11 is 1.36. The van der Waals surface area contributed by atoms with E-state index >= 15 is 0 Å². The lowest BCUT2D eigenvalue weighted by atomic mass is 10.0. The van der Waals surface area contributed by atoms with Gasteiger partial charge in [-0.2, -0.15) is 0 Å². The topological polar surface area (TPSA) is 78.4 Å². The number of halogens is 1. The van der Waals surface area contributed by atoms with Crippen molar-refractivity contribution in [3.05, 3.63) is 16.1 Å². The number of hydrogen-bond donors (Lipinski definition) is 3. The maximum atomic E-state index is 12.0. The number of nitrogens with zero attached hydrogens (tertiary/aromatic N) is 2. The largest absolute Gasteiger partial charge is 0.357 e. The van der Waals surface area contributed by atoms with E-state index in [1.54, 1.807) is 5.51 Å². The lowest BCUT2D eigenvalue weighted by molar-refractivity contribution is 0.0958. The number of carbonyl (C=O) groups is 1. The first-order valence-electron chi connectivity index (χ1n) is 9.17. The van der Waals surface area contributed by atoms with Crippen LogP contribution < -0.4 is 16.0 Å². The first-order valence-corrected chi connectivity index (χ1v) is 10.0. The summed E-state index contributed by atoms with van der Waals surface area (Å²) in [5.74, 6) is 1.48. The second kappa shape index (κ2) is 14.2. The number of amides is 1. The highest BCUT2D eigenvalue weighted by atomic mass is 127. The van der Waals surface area contributed by atoms with Gasteiger partial charge in [0.2, 0.25) is 0 Å². The predicted molar refractivity (Wildman–Crippen MR) is 122 cm³/mol. The third-order valence-corrected chi connectivity index (χ3v) is 4.69. The van der Waals surface area contributed by atoms with E-state index in [0.717, 1.165) is 30.5 Å². The van der Waals surface area contributed by atoms with Crippen LogP contribution >= 0.6 is 35.3 Å². The zero-order valence-corrected chi connectivity index (χ0v) is 19.7. The van der Waals surface area contributed by atoms with Crippen molar-refractivity contribution >= 4 is 47.2 Å². The van der Waals surface area contributed by atoms with E-state index in [9.17, 15) is 4.79 Å². The summed E-state index contributed by atoms with van der Waals surface area (Å²) < 4.78 is 0. The van der Waals surface area contributed by atoms with Gasteiger partial charge in [0.15, 0.2) is 5.96 Å². The van der Waals surface area contributed by atoms with Crippen molar-refractivity contribution in [2.75, 3.05) is 19.6 Å². The van der Waals surface area contributed by atoms with Gasteiger partial charge in [0.05, 0.1) is 17.7 Å². The molecule has 150 valence electrons. The minimum atomic E-state index is -0.0739. The number of guanidine groups is 1. The molecule has 1 aromatic rings. The van der Waals surface area contributed by atoms with Gasteiger partial charge >= 0.3 is 0 Å². The maximum absolute atomic E-state index is 12.0. The highest BCUT2D eigenvalue weighted by Gasteiger charge is 2.10. The molecule has 1 aromatic heterocycles. The van der Waals surface area contributed by atoms with Crippen LogP contribution in [0.15, 0.2) is 10.5 Å². The van der Waals surface area contributed by atoms with Gasteiger partial charge in [0, 0.05) is 19.1 Å². The Hall–Kier alpha value is -0.900. The number of aromatic nitrogens is 1. The van der Waals surface area contributed by atoms with Gasteiger partial charge in [-0.1, -0.05) is 26.7 Å². The summed E-state index contributed by atoms with van der Waals surface area (Å²) in [5.41, 5.74) is 2.47. The number of rotatable bonds is 10. The molecule has 0 saturated heterocycles. The standard InChI is InChI=1S/C18H33N5OS.HI/c1-6-19-18(23-14(4)9-7-8-13(2)3)21-11-10-20-17(24)16-15(5)22-12-25-16;/h12-14H,6-11H2,1-5H3,(H,20,24)(H2,19,21,23);1H. The van der Waals surface area contributed by atoms with E-state index in [0.29, 0.717) is 24.0 Å². The Morgan fingerprint density at radius 3 is 2.58 bits per heavy atom. The number of hydrogen-bond acceptors (Lipinski definition) is 4. The second-order valence-corrected chi connectivity index (χ2v) is 7.51. The normalized spacial score (nSPS) is 12.5. The quantitative estimate of drug-likeness (QED) is 0.201. The van der Waals surface area contributed by atoms with Crippen molar-refractivity contribution < 1.29 is 4.79 Å². The van der Waals surface area contributed by atoms with Crippen LogP contribution in [-0.2, 0) is 0 Å². The monoisotopic (exact) mass is 495 g/mol. The van der Waals surface area contributed by atoms with Crippen LogP contribution in [0.1, 0.15) is 62.3 Å². The zero-order valence-electron chi connectivity index (χ0n) is 16.6. The van der Waals surface area contributed by atoms with Crippen molar-refractivity contribution in [3.8, 4) is 0 Å². The summed E-state index contributed by atoms with van der Waals surface area (Å²) in [6.45, 7) is 12.5. The van der Waals surface area contributed by atoms with E-state index < -0.39 is 0 Å². The van der Waals surface area contributed by atoms with Crippen molar-refractivity contribution in [2.45, 2.75) is 59.9 Å². The molecule has 26 heavy (non-hydrogen) atoms.